The normalized spacial score (nSPS) is 56.5. The van der Waals surface area contributed by atoms with Crippen molar-refractivity contribution in [3.8, 4) is 0 Å². The summed E-state index contributed by atoms with van der Waals surface area (Å²) in [6.07, 6.45) is 6.18. The topological polar surface area (TPSA) is 96.1 Å². The highest BCUT2D eigenvalue weighted by molar-refractivity contribution is 5.93. The highest BCUT2D eigenvalue weighted by Crippen LogP contribution is 2.73. The largest absolute Gasteiger partial charge is 0.509 e. The molecule has 4 N–H and O–H groups in total. The number of aliphatic hydroxyl groups excluding tert-OH is 2. The smallest absolute Gasteiger partial charge is 0.248 e. The van der Waals surface area contributed by atoms with Gasteiger partial charge in [-0.05, 0) is 68.1 Å². The summed E-state index contributed by atoms with van der Waals surface area (Å²) in [6, 6.07) is 0. The van der Waals surface area contributed by atoms with Gasteiger partial charge in [0.2, 0.25) is 5.91 Å². The minimum absolute atomic E-state index is 0.0466. The molecule has 0 bridgehead atoms. The van der Waals surface area contributed by atoms with E-state index in [0.29, 0.717) is 29.7 Å². The Kier molecular flexibility index (Phi) is 2.97. The van der Waals surface area contributed by atoms with Gasteiger partial charge in [0, 0.05) is 5.41 Å². The first-order valence-corrected chi connectivity index (χ1v) is 9.82. The number of carbonyl (C=O) groups is 1. The molecule has 4 fully saturated rings. The highest BCUT2D eigenvalue weighted by atomic mass is 16.6. The maximum absolute atomic E-state index is 11.9. The first kappa shape index (κ1) is 16.1. The van der Waals surface area contributed by atoms with Crippen LogP contribution in [0.1, 0.15) is 58.8 Å². The van der Waals surface area contributed by atoms with Gasteiger partial charge in [-0.2, -0.15) is 0 Å². The van der Waals surface area contributed by atoms with Gasteiger partial charge in [-0.15, -0.1) is 0 Å². The summed E-state index contributed by atoms with van der Waals surface area (Å²) < 4.78 is 6.11. The maximum Gasteiger partial charge on any atom is 0.248 e. The van der Waals surface area contributed by atoms with Gasteiger partial charge in [-0.1, -0.05) is 13.8 Å². The van der Waals surface area contributed by atoms with Crippen molar-refractivity contribution in [2.24, 2.45) is 34.3 Å². The molecule has 0 aromatic carbocycles. The van der Waals surface area contributed by atoms with Gasteiger partial charge in [-0.3, -0.25) is 4.79 Å². The van der Waals surface area contributed by atoms with Crippen LogP contribution in [-0.2, 0) is 9.53 Å². The summed E-state index contributed by atoms with van der Waals surface area (Å²) in [5.41, 5.74) is 5.54. The zero-order valence-electron chi connectivity index (χ0n) is 15.1. The summed E-state index contributed by atoms with van der Waals surface area (Å²) in [7, 11) is 0. The number of amides is 1. The second-order valence-electron chi connectivity index (χ2n) is 9.76. The zero-order chi connectivity index (χ0) is 17.8. The molecule has 1 aliphatic heterocycles. The predicted octanol–water partition coefficient (Wildman–Crippen LogP) is 2.43. The Morgan fingerprint density at radius 2 is 1.92 bits per heavy atom. The van der Waals surface area contributed by atoms with E-state index in [1.807, 2.05) is 0 Å². The highest BCUT2D eigenvalue weighted by Gasteiger charge is 2.76. The van der Waals surface area contributed by atoms with Crippen LogP contribution >= 0.6 is 0 Å². The SMILES string of the molecule is C[C@]12CC[C@H]3[C@@H](CCC45OC4C(O)=C(C(N)=O)C[C@]35C)[C@@H]1CCC2O. The Morgan fingerprint density at radius 1 is 1.16 bits per heavy atom. The number of hydrogen-bond acceptors (Lipinski definition) is 4. The lowest BCUT2D eigenvalue weighted by atomic mass is 9.45. The number of ether oxygens (including phenoxy) is 1. The molecule has 1 spiro atoms. The van der Waals surface area contributed by atoms with Gasteiger partial charge in [0.1, 0.15) is 17.5 Å². The van der Waals surface area contributed by atoms with Gasteiger partial charge in [0.25, 0.3) is 0 Å². The minimum atomic E-state index is -0.512. The molecule has 3 saturated carbocycles. The van der Waals surface area contributed by atoms with E-state index in [1.54, 1.807) is 0 Å². The monoisotopic (exact) mass is 347 g/mol. The van der Waals surface area contributed by atoms with Crippen LogP contribution in [0.4, 0.5) is 0 Å². The van der Waals surface area contributed by atoms with Crippen LogP contribution in [0, 0.1) is 28.6 Å². The number of nitrogens with two attached hydrogens (primary N) is 1. The first-order valence-electron chi connectivity index (χ1n) is 9.82. The standard InChI is InChI=1S/C20H29NO4/c1-18-7-6-13-10(12(18)3-4-14(18)22)5-8-20-16(25-20)15(23)11(17(21)24)9-19(13,20)2/h10,12-14,16,22-23H,3-9H2,1-2H3,(H2,21,24)/t10-,12-,13-,14?,16?,18-,19+,20?/m0/s1. The summed E-state index contributed by atoms with van der Waals surface area (Å²) in [4.78, 5) is 11.9. The van der Waals surface area contributed by atoms with Crippen LogP contribution in [0.2, 0.25) is 0 Å². The zero-order valence-corrected chi connectivity index (χ0v) is 15.1. The molecule has 5 aliphatic rings. The third kappa shape index (κ3) is 1.70. The van der Waals surface area contributed by atoms with Crippen molar-refractivity contribution in [3.63, 3.8) is 0 Å². The number of fused-ring (bicyclic) bond motifs is 4. The van der Waals surface area contributed by atoms with E-state index < -0.39 is 5.91 Å². The van der Waals surface area contributed by atoms with E-state index in [2.05, 4.69) is 13.8 Å². The Bertz CT molecular complexity index is 689. The van der Waals surface area contributed by atoms with Crippen LogP contribution < -0.4 is 5.73 Å². The van der Waals surface area contributed by atoms with Gasteiger partial charge >= 0.3 is 0 Å². The average Bonchev–Trinajstić information content (AvgIpc) is 3.23. The molecule has 5 nitrogen and oxygen atoms in total. The van der Waals surface area contributed by atoms with Crippen molar-refractivity contribution < 1.29 is 19.7 Å². The lowest BCUT2D eigenvalue weighted by Crippen LogP contribution is -2.58. The van der Waals surface area contributed by atoms with Crippen LogP contribution in [0.25, 0.3) is 0 Å². The second kappa shape index (κ2) is 4.61. The van der Waals surface area contributed by atoms with E-state index >= 15 is 0 Å². The summed E-state index contributed by atoms with van der Waals surface area (Å²) in [6.45, 7) is 4.53. The van der Waals surface area contributed by atoms with E-state index in [4.69, 9.17) is 10.5 Å². The maximum atomic E-state index is 11.9. The van der Waals surface area contributed by atoms with Crippen molar-refractivity contribution in [2.45, 2.75) is 76.6 Å². The third-order valence-electron chi connectivity index (χ3n) is 9.11. The van der Waals surface area contributed by atoms with Gasteiger partial charge < -0.3 is 20.7 Å². The van der Waals surface area contributed by atoms with E-state index in [1.165, 1.54) is 0 Å². The molecule has 5 heteroatoms. The van der Waals surface area contributed by atoms with E-state index in [0.717, 1.165) is 38.5 Å². The van der Waals surface area contributed by atoms with Gasteiger partial charge in [0.15, 0.2) is 0 Å². The number of epoxide rings is 1. The van der Waals surface area contributed by atoms with Crippen LogP contribution in [-0.4, -0.2) is 33.9 Å². The van der Waals surface area contributed by atoms with Crippen molar-refractivity contribution in [3.05, 3.63) is 11.3 Å². The van der Waals surface area contributed by atoms with Crippen molar-refractivity contribution in [2.75, 3.05) is 0 Å². The molecule has 4 aliphatic carbocycles. The molecule has 3 unspecified atom stereocenters. The van der Waals surface area contributed by atoms with Crippen LogP contribution in [0.3, 0.4) is 0 Å². The summed E-state index contributed by atoms with van der Waals surface area (Å²) in [5, 5.41) is 21.0. The van der Waals surface area contributed by atoms with E-state index in [-0.39, 0.29) is 34.4 Å². The Labute approximate surface area is 148 Å². The fourth-order valence-corrected chi connectivity index (χ4v) is 7.62. The Hall–Kier alpha value is -1.07. The van der Waals surface area contributed by atoms with Crippen molar-refractivity contribution in [1.29, 1.82) is 0 Å². The third-order valence-corrected chi connectivity index (χ3v) is 9.11. The minimum Gasteiger partial charge on any atom is -0.509 e. The van der Waals surface area contributed by atoms with Gasteiger partial charge in [0.05, 0.1) is 11.7 Å². The number of aliphatic hydroxyl groups is 2. The second-order valence-corrected chi connectivity index (χ2v) is 9.76. The fraction of sp³-hybridized carbons (Fsp3) is 0.850. The molecular weight excluding hydrogens is 318 g/mol. The number of hydrogen-bond donors (Lipinski definition) is 3. The molecule has 8 atom stereocenters. The predicted molar refractivity (Wildman–Crippen MR) is 91.5 cm³/mol. The van der Waals surface area contributed by atoms with Crippen LogP contribution in [0.5, 0.6) is 0 Å². The van der Waals surface area contributed by atoms with E-state index in [9.17, 15) is 15.0 Å². The molecule has 0 aromatic rings. The average molecular weight is 347 g/mol. The summed E-state index contributed by atoms with van der Waals surface area (Å²) in [5.74, 6) is 1.18. The van der Waals surface area contributed by atoms with Gasteiger partial charge in [-0.25, -0.2) is 0 Å². The lowest BCUT2D eigenvalue weighted by molar-refractivity contribution is -0.123. The fourth-order valence-electron chi connectivity index (χ4n) is 7.62. The molecule has 1 heterocycles. The molecule has 0 radical (unpaired) electrons. The molecule has 138 valence electrons. The molecule has 5 rings (SSSR count). The number of carbonyl (C=O) groups excluding carboxylic acids is 1. The Morgan fingerprint density at radius 3 is 2.64 bits per heavy atom. The lowest BCUT2D eigenvalue weighted by Gasteiger charge is -2.59. The Balaban J connectivity index is 1.54. The first-order chi connectivity index (χ1) is 11.7. The number of rotatable bonds is 1. The molecule has 1 saturated heterocycles. The molecular formula is C20H29NO4. The van der Waals surface area contributed by atoms with Crippen molar-refractivity contribution in [1.82, 2.24) is 0 Å². The molecule has 25 heavy (non-hydrogen) atoms. The van der Waals surface area contributed by atoms with Crippen molar-refractivity contribution >= 4 is 5.91 Å². The number of primary amides is 1. The molecule has 1 amide bonds. The molecule has 0 aromatic heterocycles. The summed E-state index contributed by atoms with van der Waals surface area (Å²) >= 11 is 0. The van der Waals surface area contributed by atoms with Crippen LogP contribution in [0.15, 0.2) is 11.3 Å². The quantitative estimate of drug-likeness (QED) is 0.635.